The second-order valence-corrected chi connectivity index (χ2v) is 5.83. The fourth-order valence-corrected chi connectivity index (χ4v) is 2.73. The summed E-state index contributed by atoms with van der Waals surface area (Å²) >= 11 is 6.31. The molecule has 0 unspecified atom stereocenters. The Bertz CT molecular complexity index is 864. The molecule has 3 rings (SSSR count). The minimum Gasteiger partial charge on any atom is -0.331 e. The van der Waals surface area contributed by atoms with Crippen LogP contribution in [0.5, 0.6) is 0 Å². The molecule has 20 heavy (non-hydrogen) atoms. The third kappa shape index (κ3) is 2.35. The van der Waals surface area contributed by atoms with Crippen molar-refractivity contribution in [3.8, 4) is 0 Å². The number of carbonyl (C=O) groups is 1. The van der Waals surface area contributed by atoms with E-state index in [2.05, 4.69) is 20.3 Å². The van der Waals surface area contributed by atoms with Gasteiger partial charge in [-0.2, -0.15) is 0 Å². The van der Waals surface area contributed by atoms with E-state index in [-0.39, 0.29) is 5.56 Å². The number of benzene rings is 1. The molecular weight excluding hydrogens is 299 g/mol. The zero-order valence-corrected chi connectivity index (χ0v) is 11.9. The highest BCUT2D eigenvalue weighted by atomic mass is 32.1. The zero-order valence-electron chi connectivity index (χ0n) is 10.3. The van der Waals surface area contributed by atoms with Crippen LogP contribution in [0.3, 0.4) is 0 Å². The minimum absolute atomic E-state index is 0.181. The molecule has 102 valence electrons. The number of rotatable bonds is 2. The van der Waals surface area contributed by atoms with Crippen molar-refractivity contribution in [2.45, 2.75) is 6.92 Å². The van der Waals surface area contributed by atoms with E-state index in [0.29, 0.717) is 20.9 Å². The normalized spacial score (nSPS) is 10.9. The lowest BCUT2D eigenvalue weighted by Crippen LogP contribution is -2.12. The van der Waals surface area contributed by atoms with Crippen LogP contribution in [0.25, 0.3) is 11.0 Å². The van der Waals surface area contributed by atoms with E-state index >= 15 is 0 Å². The minimum atomic E-state index is -0.511. The molecule has 0 aliphatic heterocycles. The quantitative estimate of drug-likeness (QED) is 0.635. The highest BCUT2D eigenvalue weighted by Gasteiger charge is 2.15. The summed E-state index contributed by atoms with van der Waals surface area (Å²) < 4.78 is 13.9. The fourth-order valence-electron chi connectivity index (χ4n) is 1.86. The van der Waals surface area contributed by atoms with Crippen LogP contribution in [0.1, 0.15) is 15.2 Å². The van der Waals surface area contributed by atoms with Gasteiger partial charge in [-0.15, -0.1) is 11.3 Å². The number of carbonyl (C=O) groups excluding carboxylic acids is 1. The first-order valence-electron chi connectivity index (χ1n) is 5.68. The number of hydrogen-bond acceptors (Lipinski definition) is 4. The Morgan fingerprint density at radius 2 is 2.25 bits per heavy atom. The van der Waals surface area contributed by atoms with Gasteiger partial charge in [0.15, 0.2) is 9.90 Å². The Balaban J connectivity index is 2.04. The number of nitrogens with zero attached hydrogens (tertiary/aromatic N) is 1. The highest BCUT2D eigenvalue weighted by molar-refractivity contribution is 7.71. The van der Waals surface area contributed by atoms with Crippen LogP contribution in [0.15, 0.2) is 18.3 Å². The molecule has 0 fully saturated rings. The van der Waals surface area contributed by atoms with E-state index in [1.807, 2.05) is 6.92 Å². The first kappa shape index (κ1) is 12.9. The van der Waals surface area contributed by atoms with E-state index in [9.17, 15) is 9.18 Å². The maximum atomic E-state index is 13.5. The summed E-state index contributed by atoms with van der Waals surface area (Å²) in [5, 5.41) is 3.11. The number of amides is 1. The molecule has 2 heterocycles. The van der Waals surface area contributed by atoms with E-state index in [1.165, 1.54) is 17.4 Å². The summed E-state index contributed by atoms with van der Waals surface area (Å²) in [7, 11) is 0. The number of thiazole rings is 1. The van der Waals surface area contributed by atoms with Crippen molar-refractivity contribution in [2.24, 2.45) is 0 Å². The molecule has 2 aromatic heterocycles. The molecule has 3 N–H and O–H groups in total. The van der Waals surface area contributed by atoms with Gasteiger partial charge in [0.2, 0.25) is 0 Å². The topological polar surface area (TPSA) is 73.6 Å². The summed E-state index contributed by atoms with van der Waals surface area (Å²) in [6, 6.07) is 2.45. The number of hydrogen-bond donors (Lipinski definition) is 3. The van der Waals surface area contributed by atoms with Crippen molar-refractivity contribution < 1.29 is 9.18 Å². The molecule has 8 heteroatoms. The van der Waals surface area contributed by atoms with Crippen LogP contribution in [0.2, 0.25) is 0 Å². The number of aromatic amines is 2. The van der Waals surface area contributed by atoms with Crippen LogP contribution in [-0.4, -0.2) is 20.9 Å². The second kappa shape index (κ2) is 4.80. The van der Waals surface area contributed by atoms with Crippen molar-refractivity contribution in [2.75, 3.05) is 5.32 Å². The van der Waals surface area contributed by atoms with Gasteiger partial charge in [-0.1, -0.05) is 0 Å². The van der Waals surface area contributed by atoms with Crippen LogP contribution >= 0.6 is 23.6 Å². The molecule has 3 aromatic rings. The molecule has 1 aromatic carbocycles. The molecule has 0 aliphatic carbocycles. The van der Waals surface area contributed by atoms with E-state index in [0.717, 1.165) is 10.9 Å². The second-order valence-electron chi connectivity index (χ2n) is 4.19. The van der Waals surface area contributed by atoms with Gasteiger partial charge >= 0.3 is 0 Å². The van der Waals surface area contributed by atoms with Gasteiger partial charge in [-0.05, 0) is 31.3 Å². The number of fused-ring (bicyclic) bond motifs is 1. The average Bonchev–Trinajstić information content (AvgIpc) is 2.93. The maximum Gasteiger partial charge on any atom is 0.259 e. The standard InChI is InChI=1S/C12H9FN4OS2/c1-5-4-14-12(20-5)17-10(18)7-2-6(13)3-8-9(7)16-11(19)15-8/h2-4H,1H3,(H,14,17,18)(H2,15,16,19). The lowest BCUT2D eigenvalue weighted by molar-refractivity contribution is 0.102. The van der Waals surface area contributed by atoms with Gasteiger partial charge in [-0.25, -0.2) is 9.37 Å². The Morgan fingerprint density at radius 1 is 1.45 bits per heavy atom. The molecule has 0 saturated carbocycles. The summed E-state index contributed by atoms with van der Waals surface area (Å²) in [6.07, 6.45) is 1.66. The van der Waals surface area contributed by atoms with Crippen molar-refractivity contribution in [3.63, 3.8) is 0 Å². The van der Waals surface area contributed by atoms with Crippen molar-refractivity contribution in [1.29, 1.82) is 0 Å². The maximum absolute atomic E-state index is 13.5. The number of aromatic nitrogens is 3. The summed E-state index contributed by atoms with van der Waals surface area (Å²) in [5.74, 6) is -0.947. The first-order valence-corrected chi connectivity index (χ1v) is 6.91. The smallest absolute Gasteiger partial charge is 0.259 e. The van der Waals surface area contributed by atoms with Gasteiger partial charge in [0.25, 0.3) is 5.91 Å². The highest BCUT2D eigenvalue weighted by Crippen LogP contribution is 2.21. The Hall–Kier alpha value is -2.06. The van der Waals surface area contributed by atoms with Gasteiger partial charge in [0.05, 0.1) is 16.6 Å². The van der Waals surface area contributed by atoms with Gasteiger partial charge in [0.1, 0.15) is 5.82 Å². The molecule has 0 aliphatic rings. The Kier molecular flexibility index (Phi) is 3.11. The van der Waals surface area contributed by atoms with E-state index in [4.69, 9.17) is 12.2 Å². The van der Waals surface area contributed by atoms with Gasteiger partial charge < -0.3 is 9.97 Å². The van der Waals surface area contributed by atoms with E-state index < -0.39 is 11.7 Å². The zero-order chi connectivity index (χ0) is 14.3. The molecule has 0 spiro atoms. The summed E-state index contributed by atoms with van der Waals surface area (Å²) in [4.78, 5) is 22.9. The lowest BCUT2D eigenvalue weighted by atomic mass is 10.1. The molecular formula is C12H9FN4OS2. The third-order valence-corrected chi connectivity index (χ3v) is 3.71. The molecule has 0 radical (unpaired) electrons. The number of nitrogens with one attached hydrogen (secondary N) is 3. The molecule has 0 bridgehead atoms. The Labute approximate surface area is 121 Å². The van der Waals surface area contributed by atoms with Gasteiger partial charge in [-0.3, -0.25) is 10.1 Å². The summed E-state index contributed by atoms with van der Waals surface area (Å²) in [5.41, 5.74) is 1.11. The van der Waals surface area contributed by atoms with Gasteiger partial charge in [0, 0.05) is 11.1 Å². The van der Waals surface area contributed by atoms with Crippen LogP contribution in [0.4, 0.5) is 9.52 Å². The number of imidazole rings is 1. The van der Waals surface area contributed by atoms with E-state index in [1.54, 1.807) is 6.20 Å². The molecule has 5 nitrogen and oxygen atoms in total. The number of anilines is 1. The van der Waals surface area contributed by atoms with Crippen LogP contribution < -0.4 is 5.32 Å². The molecule has 0 atom stereocenters. The fraction of sp³-hybridized carbons (Fsp3) is 0.0833. The Morgan fingerprint density at radius 3 is 2.95 bits per heavy atom. The SMILES string of the molecule is Cc1cnc(NC(=O)c2cc(F)cc3[nH]c(=S)[nH]c23)s1. The number of halogens is 1. The lowest BCUT2D eigenvalue weighted by Gasteiger charge is -2.03. The van der Waals surface area contributed by atoms with Crippen molar-refractivity contribution in [3.05, 3.63) is 39.4 Å². The number of H-pyrrole nitrogens is 2. The molecule has 1 amide bonds. The first-order chi connectivity index (χ1) is 9.52. The summed E-state index contributed by atoms with van der Waals surface area (Å²) in [6.45, 7) is 1.89. The third-order valence-electron chi connectivity index (χ3n) is 2.68. The van der Waals surface area contributed by atoms with Crippen LogP contribution in [-0.2, 0) is 0 Å². The molecule has 0 saturated heterocycles. The predicted molar refractivity (Wildman–Crippen MR) is 78.2 cm³/mol. The average molecular weight is 308 g/mol. The van der Waals surface area contributed by atoms with Crippen LogP contribution in [0, 0.1) is 17.5 Å². The number of aryl methyl sites for hydroxylation is 1. The van der Waals surface area contributed by atoms with Crippen molar-refractivity contribution in [1.82, 2.24) is 15.0 Å². The predicted octanol–water partition coefficient (Wildman–Crippen LogP) is 3.38. The van der Waals surface area contributed by atoms with Crippen molar-refractivity contribution >= 4 is 45.6 Å². The monoisotopic (exact) mass is 308 g/mol. The largest absolute Gasteiger partial charge is 0.331 e.